The van der Waals surface area contributed by atoms with Crippen LogP contribution in [0.4, 0.5) is 0 Å². The van der Waals surface area contributed by atoms with Crippen LogP contribution in [0.25, 0.3) is 0 Å². The first kappa shape index (κ1) is 39.2. The summed E-state index contributed by atoms with van der Waals surface area (Å²) in [5.74, 6) is 0. The quantitative estimate of drug-likeness (QED) is 0.267. The maximum absolute atomic E-state index is 7.42. The van der Waals surface area contributed by atoms with Gasteiger partial charge >= 0.3 is 8.60 Å². The van der Waals surface area contributed by atoms with Gasteiger partial charge in [0.1, 0.15) is 16.8 Å². The van der Waals surface area contributed by atoms with Crippen molar-refractivity contribution in [1.82, 2.24) is 0 Å². The summed E-state index contributed by atoms with van der Waals surface area (Å²) in [5.41, 5.74) is 1.82. The van der Waals surface area contributed by atoms with Crippen LogP contribution in [0.1, 0.15) is 144 Å². The molecule has 3 unspecified atom stereocenters. The highest BCUT2D eigenvalue weighted by atomic mass is 31.2. The molecule has 0 N–H and O–H groups in total. The highest BCUT2D eigenvalue weighted by Crippen LogP contribution is 2.62. The van der Waals surface area contributed by atoms with Crippen LogP contribution in [-0.2, 0) is 13.6 Å². The highest BCUT2D eigenvalue weighted by molar-refractivity contribution is 7.41. The predicted molar refractivity (Wildman–Crippen MR) is 201 cm³/mol. The Morgan fingerprint density at radius 1 is 0.413 bits per heavy atom. The molecular formula is C42H69O3P. The summed E-state index contributed by atoms with van der Waals surface area (Å²) >= 11 is 0. The molecule has 0 bridgehead atoms. The van der Waals surface area contributed by atoms with Gasteiger partial charge in [0.25, 0.3) is 0 Å². The van der Waals surface area contributed by atoms with Gasteiger partial charge in [0.2, 0.25) is 0 Å². The van der Waals surface area contributed by atoms with Crippen molar-refractivity contribution in [2.24, 2.45) is 32.5 Å². The van der Waals surface area contributed by atoms with Gasteiger partial charge in [-0.1, -0.05) is 179 Å². The van der Waals surface area contributed by atoms with Crippen LogP contribution >= 0.6 is 8.60 Å². The van der Waals surface area contributed by atoms with E-state index in [1.165, 1.54) is 16.7 Å². The molecule has 0 aromatic rings. The summed E-state index contributed by atoms with van der Waals surface area (Å²) in [6, 6.07) is 0. The van der Waals surface area contributed by atoms with Gasteiger partial charge in [-0.25, -0.2) is 0 Å². The van der Waals surface area contributed by atoms with E-state index in [1.807, 2.05) is 0 Å². The maximum atomic E-state index is 7.42. The third-order valence-electron chi connectivity index (χ3n) is 10.6. The lowest BCUT2D eigenvalue weighted by atomic mass is 9.70. The Bertz CT molecular complexity index is 1140. The van der Waals surface area contributed by atoms with Crippen molar-refractivity contribution in [3.05, 3.63) is 71.4 Å². The Morgan fingerprint density at radius 2 is 0.630 bits per heavy atom. The van der Waals surface area contributed by atoms with Crippen LogP contribution in [0.2, 0.25) is 0 Å². The number of allylic oxidation sites excluding steroid dienone is 6. The van der Waals surface area contributed by atoms with E-state index >= 15 is 0 Å². The van der Waals surface area contributed by atoms with Gasteiger partial charge in [0.05, 0.1) is 0 Å². The summed E-state index contributed by atoms with van der Waals surface area (Å²) in [7, 11) is -1.84. The fraction of sp³-hybridized carbons (Fsp3) is 0.714. The largest absolute Gasteiger partial charge is 0.335 e. The van der Waals surface area contributed by atoms with Gasteiger partial charge in [-0.3, -0.25) is 0 Å². The molecule has 3 aliphatic carbocycles. The van der Waals surface area contributed by atoms with Crippen LogP contribution in [0.3, 0.4) is 0 Å². The summed E-state index contributed by atoms with van der Waals surface area (Å²) < 4.78 is 22.3. The zero-order valence-corrected chi connectivity index (χ0v) is 33.9. The van der Waals surface area contributed by atoms with Gasteiger partial charge in [0, 0.05) is 0 Å². The minimum Gasteiger partial charge on any atom is -0.300 e. The van der Waals surface area contributed by atoms with Crippen LogP contribution in [0.5, 0.6) is 0 Å². The van der Waals surface area contributed by atoms with Gasteiger partial charge in [0.15, 0.2) is 0 Å². The van der Waals surface area contributed by atoms with Crippen molar-refractivity contribution in [1.29, 1.82) is 0 Å². The van der Waals surface area contributed by atoms with Crippen LogP contribution in [0, 0.1) is 32.5 Å². The molecule has 46 heavy (non-hydrogen) atoms. The first-order valence-electron chi connectivity index (χ1n) is 17.5. The second-order valence-corrected chi connectivity index (χ2v) is 21.3. The average Bonchev–Trinajstić information content (AvgIpc) is 2.86. The lowest BCUT2D eigenvalue weighted by molar-refractivity contribution is -0.0832. The fourth-order valence-corrected chi connectivity index (χ4v) is 8.41. The molecule has 3 aliphatic rings. The van der Waals surface area contributed by atoms with E-state index in [0.29, 0.717) is 0 Å². The topological polar surface area (TPSA) is 27.7 Å². The lowest BCUT2D eigenvalue weighted by Crippen LogP contribution is -2.49. The van der Waals surface area contributed by atoms with Gasteiger partial charge in [-0.05, 0) is 68.5 Å². The zero-order valence-electron chi connectivity index (χ0n) is 33.0. The van der Waals surface area contributed by atoms with E-state index in [1.54, 1.807) is 0 Å². The second-order valence-electron chi connectivity index (χ2n) is 20.3. The molecule has 0 aliphatic heterocycles. The van der Waals surface area contributed by atoms with Gasteiger partial charge < -0.3 is 13.6 Å². The van der Waals surface area contributed by atoms with Crippen LogP contribution in [-0.4, -0.2) is 16.8 Å². The molecule has 0 aromatic carbocycles. The molecule has 0 radical (unpaired) electrons. The average molecular weight is 653 g/mol. The van der Waals surface area contributed by atoms with E-state index in [9.17, 15) is 0 Å². The third kappa shape index (κ3) is 8.30. The normalized spacial score (nSPS) is 29.0. The molecular weight excluding hydrogens is 583 g/mol. The lowest BCUT2D eigenvalue weighted by Gasteiger charge is -2.51. The van der Waals surface area contributed by atoms with E-state index in [-0.39, 0.29) is 32.5 Å². The Labute approximate surface area is 286 Å². The monoisotopic (exact) mass is 652 g/mol. The number of rotatable bonds is 6. The van der Waals surface area contributed by atoms with Crippen LogP contribution < -0.4 is 0 Å². The molecule has 0 heterocycles. The minimum atomic E-state index is -1.84. The van der Waals surface area contributed by atoms with Gasteiger partial charge in [-0.2, -0.15) is 0 Å². The van der Waals surface area contributed by atoms with Crippen molar-refractivity contribution >= 4 is 8.60 Å². The highest BCUT2D eigenvalue weighted by Gasteiger charge is 2.53. The van der Waals surface area contributed by atoms with Crippen molar-refractivity contribution in [2.75, 3.05) is 0 Å². The Hall–Kier alpha value is -1.25. The first-order valence-corrected chi connectivity index (χ1v) is 18.6. The first-order chi connectivity index (χ1) is 20.5. The van der Waals surface area contributed by atoms with Crippen molar-refractivity contribution in [3.8, 4) is 0 Å². The van der Waals surface area contributed by atoms with E-state index in [0.717, 1.165) is 19.3 Å². The summed E-state index contributed by atoms with van der Waals surface area (Å²) in [6.07, 6.45) is 23.1. The minimum absolute atomic E-state index is 0.0683. The maximum Gasteiger partial charge on any atom is 0.335 e. The van der Waals surface area contributed by atoms with E-state index in [2.05, 4.69) is 179 Å². The SMILES string of the molecule is CC(C)(C)C1=CCC(OP(OC2(C(C)(C)C)C=CC(C(C)(C)C)=CC2)OC2(C(C)(C)C)C=CC(C(C)(C)C)=CC2)(C(C)(C)C)C=C1. The molecule has 4 heteroatoms. The molecule has 3 nitrogen and oxygen atoms in total. The van der Waals surface area contributed by atoms with Gasteiger partial charge in [-0.15, -0.1) is 0 Å². The standard InChI is InChI=1S/C42H69O3P/c1-34(2,3)31-19-25-40(26-20-31,37(10,11)12)43-46(44-41(38(13,14)15)27-21-32(22-28-41)35(4,5)6)45-42(39(16,17)18)29-23-33(24-30-42)36(7,8)9/h19-25,27,29H,26,28,30H2,1-18H3. The van der Waals surface area contributed by atoms with E-state index in [4.69, 9.17) is 13.6 Å². The second kappa shape index (κ2) is 12.6. The zero-order chi connectivity index (χ0) is 35.4. The third-order valence-corrected chi connectivity index (χ3v) is 12.0. The Morgan fingerprint density at radius 3 is 0.761 bits per heavy atom. The molecule has 260 valence electrons. The molecule has 0 spiro atoms. The summed E-state index contributed by atoms with van der Waals surface area (Å²) in [5, 5.41) is 0. The summed E-state index contributed by atoms with van der Waals surface area (Å²) in [6.45, 7) is 41.0. The van der Waals surface area contributed by atoms with Crippen molar-refractivity contribution < 1.29 is 13.6 Å². The number of hydrogen-bond acceptors (Lipinski definition) is 3. The Kier molecular flexibility index (Phi) is 10.7. The molecule has 0 aromatic heterocycles. The predicted octanol–water partition coefficient (Wildman–Crippen LogP) is 13.4. The molecule has 0 amide bonds. The fourth-order valence-electron chi connectivity index (χ4n) is 6.27. The summed E-state index contributed by atoms with van der Waals surface area (Å²) in [4.78, 5) is 0. The number of hydrogen-bond donors (Lipinski definition) is 0. The smallest absolute Gasteiger partial charge is 0.300 e. The molecule has 0 saturated heterocycles. The molecule has 3 atom stereocenters. The molecule has 0 fully saturated rings. The molecule has 0 saturated carbocycles. The van der Waals surface area contributed by atoms with Crippen molar-refractivity contribution in [3.63, 3.8) is 0 Å². The van der Waals surface area contributed by atoms with Crippen molar-refractivity contribution in [2.45, 2.75) is 161 Å². The Balaban J connectivity index is 2.17. The van der Waals surface area contributed by atoms with E-state index < -0.39 is 25.4 Å². The van der Waals surface area contributed by atoms with Crippen LogP contribution in [0.15, 0.2) is 71.4 Å². The molecule has 3 rings (SSSR count).